The van der Waals surface area contributed by atoms with Crippen molar-refractivity contribution < 1.29 is 4.39 Å². The molecule has 0 amide bonds. The van der Waals surface area contributed by atoms with E-state index in [-0.39, 0.29) is 5.82 Å². The zero-order valence-electron chi connectivity index (χ0n) is 8.75. The van der Waals surface area contributed by atoms with Crippen molar-refractivity contribution in [2.45, 2.75) is 6.54 Å². The number of nitrogens with one attached hydrogen (secondary N) is 1. The van der Waals surface area contributed by atoms with Crippen LogP contribution in [0, 0.1) is 5.82 Å². The summed E-state index contributed by atoms with van der Waals surface area (Å²) >= 11 is 9.28. The first-order valence-corrected chi connectivity index (χ1v) is 6.10. The van der Waals surface area contributed by atoms with Crippen LogP contribution >= 0.6 is 27.5 Å². The third-order valence-electron chi connectivity index (χ3n) is 2.17. The molecule has 0 saturated heterocycles. The molecule has 1 aromatic heterocycles. The molecule has 1 N–H and O–H groups in total. The molecule has 5 heteroatoms. The molecule has 0 atom stereocenters. The molecule has 0 radical (unpaired) electrons. The quantitative estimate of drug-likeness (QED) is 0.916. The smallest absolute Gasteiger partial charge is 0.125 e. The normalized spacial score (nSPS) is 10.3. The molecule has 0 aliphatic carbocycles. The summed E-state index contributed by atoms with van der Waals surface area (Å²) in [6.45, 7) is 0.537. The van der Waals surface area contributed by atoms with E-state index in [0.29, 0.717) is 17.3 Å². The van der Waals surface area contributed by atoms with Gasteiger partial charge in [0.15, 0.2) is 0 Å². The standard InChI is InChI=1S/C12H9BrClFN2/c13-9-3-8(5-16-7-9)6-17-12-4-10(15)1-2-11(12)14/h1-5,7,17H,6H2. The van der Waals surface area contributed by atoms with E-state index in [0.717, 1.165) is 10.0 Å². The summed E-state index contributed by atoms with van der Waals surface area (Å²) in [6, 6.07) is 6.16. The molecule has 1 heterocycles. The first kappa shape index (κ1) is 12.3. The Morgan fingerprint density at radius 2 is 2.12 bits per heavy atom. The van der Waals surface area contributed by atoms with Crippen LogP contribution < -0.4 is 5.32 Å². The molecule has 0 saturated carbocycles. The van der Waals surface area contributed by atoms with Gasteiger partial charge in [-0.25, -0.2) is 4.39 Å². The Labute approximate surface area is 112 Å². The van der Waals surface area contributed by atoms with Gasteiger partial charge in [-0.3, -0.25) is 4.98 Å². The minimum atomic E-state index is -0.315. The third-order valence-corrected chi connectivity index (χ3v) is 2.94. The molecule has 2 aromatic rings. The Morgan fingerprint density at radius 1 is 1.29 bits per heavy atom. The summed E-state index contributed by atoms with van der Waals surface area (Å²) in [5.41, 5.74) is 1.56. The summed E-state index contributed by atoms with van der Waals surface area (Å²) < 4.78 is 13.9. The number of benzene rings is 1. The van der Waals surface area contributed by atoms with Crippen LogP contribution in [-0.2, 0) is 6.54 Å². The maximum absolute atomic E-state index is 13.0. The van der Waals surface area contributed by atoms with Crippen molar-refractivity contribution in [2.75, 3.05) is 5.32 Å². The van der Waals surface area contributed by atoms with E-state index in [9.17, 15) is 4.39 Å². The topological polar surface area (TPSA) is 24.9 Å². The van der Waals surface area contributed by atoms with Gasteiger partial charge in [0, 0.05) is 23.4 Å². The lowest BCUT2D eigenvalue weighted by Gasteiger charge is -2.08. The van der Waals surface area contributed by atoms with E-state index in [1.165, 1.54) is 18.2 Å². The number of pyridine rings is 1. The van der Waals surface area contributed by atoms with Gasteiger partial charge in [0.1, 0.15) is 5.82 Å². The van der Waals surface area contributed by atoms with Gasteiger partial charge in [0.05, 0.1) is 10.7 Å². The lowest BCUT2D eigenvalue weighted by Crippen LogP contribution is -2.00. The number of halogens is 3. The Bertz CT molecular complexity index is 534. The van der Waals surface area contributed by atoms with Gasteiger partial charge >= 0.3 is 0 Å². The molecule has 2 rings (SSSR count). The molecule has 88 valence electrons. The lowest BCUT2D eigenvalue weighted by atomic mass is 10.2. The van der Waals surface area contributed by atoms with Crippen LogP contribution in [0.3, 0.4) is 0 Å². The fourth-order valence-electron chi connectivity index (χ4n) is 1.38. The molecule has 0 spiro atoms. The second-order valence-electron chi connectivity index (χ2n) is 3.49. The van der Waals surface area contributed by atoms with Gasteiger partial charge in [-0.2, -0.15) is 0 Å². The number of hydrogen-bond acceptors (Lipinski definition) is 2. The molecule has 0 aliphatic heterocycles. The van der Waals surface area contributed by atoms with E-state index >= 15 is 0 Å². The Balaban J connectivity index is 2.09. The third kappa shape index (κ3) is 3.41. The molecular weight excluding hydrogens is 307 g/mol. The minimum Gasteiger partial charge on any atom is -0.380 e. The monoisotopic (exact) mass is 314 g/mol. The first-order chi connectivity index (χ1) is 8.15. The highest BCUT2D eigenvalue weighted by molar-refractivity contribution is 9.10. The molecule has 2 nitrogen and oxygen atoms in total. The molecule has 0 bridgehead atoms. The summed E-state index contributed by atoms with van der Waals surface area (Å²) in [5, 5.41) is 3.56. The van der Waals surface area contributed by atoms with Gasteiger partial charge in [-0.05, 0) is 45.8 Å². The zero-order chi connectivity index (χ0) is 12.3. The maximum atomic E-state index is 13.0. The highest BCUT2D eigenvalue weighted by Gasteiger charge is 2.02. The molecule has 1 aromatic carbocycles. The predicted octanol–water partition coefficient (Wildman–Crippen LogP) is 4.25. The molecule has 0 aliphatic rings. The van der Waals surface area contributed by atoms with Crippen LogP contribution in [0.15, 0.2) is 41.1 Å². The summed E-state index contributed by atoms with van der Waals surface area (Å²) in [5.74, 6) is -0.315. The highest BCUT2D eigenvalue weighted by atomic mass is 79.9. The fourth-order valence-corrected chi connectivity index (χ4v) is 1.98. The second-order valence-corrected chi connectivity index (χ2v) is 4.81. The van der Waals surface area contributed by atoms with Crippen LogP contribution in [0.2, 0.25) is 5.02 Å². The van der Waals surface area contributed by atoms with E-state index in [1.807, 2.05) is 6.07 Å². The lowest BCUT2D eigenvalue weighted by molar-refractivity contribution is 0.628. The van der Waals surface area contributed by atoms with E-state index in [2.05, 4.69) is 26.2 Å². The average molecular weight is 316 g/mol. The zero-order valence-corrected chi connectivity index (χ0v) is 11.1. The molecular formula is C12H9BrClFN2. The van der Waals surface area contributed by atoms with Crippen LogP contribution in [0.4, 0.5) is 10.1 Å². The van der Waals surface area contributed by atoms with Crippen molar-refractivity contribution in [2.24, 2.45) is 0 Å². The van der Waals surface area contributed by atoms with Crippen molar-refractivity contribution in [3.05, 3.63) is 57.5 Å². The summed E-state index contributed by atoms with van der Waals surface area (Å²) in [7, 11) is 0. The van der Waals surface area contributed by atoms with Crippen molar-refractivity contribution in [3.63, 3.8) is 0 Å². The summed E-state index contributed by atoms with van der Waals surface area (Å²) in [6.07, 6.45) is 3.45. The first-order valence-electron chi connectivity index (χ1n) is 4.93. The Kier molecular flexibility index (Phi) is 3.97. The van der Waals surface area contributed by atoms with Crippen molar-refractivity contribution >= 4 is 33.2 Å². The van der Waals surface area contributed by atoms with E-state index in [4.69, 9.17) is 11.6 Å². The van der Waals surface area contributed by atoms with Crippen LogP contribution in [0.25, 0.3) is 0 Å². The Morgan fingerprint density at radius 3 is 2.88 bits per heavy atom. The fraction of sp³-hybridized carbons (Fsp3) is 0.0833. The van der Waals surface area contributed by atoms with Gasteiger partial charge in [0.25, 0.3) is 0 Å². The molecule has 0 unspecified atom stereocenters. The van der Waals surface area contributed by atoms with Crippen molar-refractivity contribution in [1.29, 1.82) is 0 Å². The van der Waals surface area contributed by atoms with Crippen LogP contribution in [0.1, 0.15) is 5.56 Å². The van der Waals surface area contributed by atoms with E-state index in [1.54, 1.807) is 12.4 Å². The Hall–Kier alpha value is -1.13. The van der Waals surface area contributed by atoms with Crippen molar-refractivity contribution in [1.82, 2.24) is 4.98 Å². The SMILES string of the molecule is Fc1ccc(Cl)c(NCc2cncc(Br)c2)c1. The van der Waals surface area contributed by atoms with Gasteiger partial charge in [-0.15, -0.1) is 0 Å². The van der Waals surface area contributed by atoms with Crippen molar-refractivity contribution in [3.8, 4) is 0 Å². The number of aromatic nitrogens is 1. The highest BCUT2D eigenvalue weighted by Crippen LogP contribution is 2.23. The van der Waals surface area contributed by atoms with Crippen LogP contribution in [-0.4, -0.2) is 4.98 Å². The maximum Gasteiger partial charge on any atom is 0.125 e. The van der Waals surface area contributed by atoms with Gasteiger partial charge in [0.2, 0.25) is 0 Å². The molecule has 0 fully saturated rings. The minimum absolute atomic E-state index is 0.315. The largest absolute Gasteiger partial charge is 0.380 e. The second kappa shape index (κ2) is 5.47. The number of nitrogens with zero attached hydrogens (tertiary/aromatic N) is 1. The predicted molar refractivity (Wildman–Crippen MR) is 70.7 cm³/mol. The van der Waals surface area contributed by atoms with Crippen LogP contribution in [0.5, 0.6) is 0 Å². The number of anilines is 1. The summed E-state index contributed by atoms with van der Waals surface area (Å²) in [4.78, 5) is 4.04. The van der Waals surface area contributed by atoms with Gasteiger partial charge < -0.3 is 5.32 Å². The molecule has 17 heavy (non-hydrogen) atoms. The average Bonchev–Trinajstić information content (AvgIpc) is 2.30. The van der Waals surface area contributed by atoms with E-state index < -0.39 is 0 Å². The number of hydrogen-bond donors (Lipinski definition) is 1. The van der Waals surface area contributed by atoms with Gasteiger partial charge in [-0.1, -0.05) is 11.6 Å². The number of rotatable bonds is 3.